The summed E-state index contributed by atoms with van der Waals surface area (Å²) < 4.78 is 0. The van der Waals surface area contributed by atoms with Crippen molar-refractivity contribution in [3.05, 3.63) is 0 Å². The van der Waals surface area contributed by atoms with Crippen molar-refractivity contribution in [1.82, 2.24) is 5.32 Å². The second kappa shape index (κ2) is 8.91. The molecule has 0 fully saturated rings. The van der Waals surface area contributed by atoms with Crippen molar-refractivity contribution in [2.24, 2.45) is 23.5 Å². The summed E-state index contributed by atoms with van der Waals surface area (Å²) in [5.74, 6) is -0.383. The number of nitrogens with one attached hydrogen (secondary N) is 1. The van der Waals surface area contributed by atoms with E-state index >= 15 is 0 Å². The highest BCUT2D eigenvalue weighted by Crippen LogP contribution is 2.26. The molecule has 0 rings (SSSR count). The van der Waals surface area contributed by atoms with Crippen LogP contribution in [-0.4, -0.2) is 30.1 Å². The first kappa shape index (κ1) is 16.9. The number of carboxylic acid groups (broad SMARTS) is 1. The quantitative estimate of drug-likeness (QED) is 0.580. The predicted octanol–water partition coefficient (Wildman–Crippen LogP) is 1.22. The van der Waals surface area contributed by atoms with Crippen LogP contribution in [0.25, 0.3) is 0 Å². The van der Waals surface area contributed by atoms with Crippen molar-refractivity contribution >= 4 is 11.9 Å². The van der Waals surface area contributed by atoms with Crippen LogP contribution in [0, 0.1) is 17.8 Å². The van der Waals surface area contributed by atoms with Crippen molar-refractivity contribution in [3.8, 4) is 0 Å². The van der Waals surface area contributed by atoms with Gasteiger partial charge in [0.25, 0.3) is 0 Å². The molecule has 106 valence electrons. The molecule has 5 heteroatoms. The fraction of sp³-hybridized carbons (Fsp3) is 0.846. The summed E-state index contributed by atoms with van der Waals surface area (Å²) in [6, 6.07) is 0. The Morgan fingerprint density at radius 3 is 2.39 bits per heavy atom. The molecule has 0 bridgehead atoms. The van der Waals surface area contributed by atoms with E-state index in [-0.39, 0.29) is 30.7 Å². The predicted molar refractivity (Wildman–Crippen MR) is 71.0 cm³/mol. The molecule has 0 aliphatic rings. The van der Waals surface area contributed by atoms with Gasteiger partial charge in [0.2, 0.25) is 5.91 Å². The zero-order chi connectivity index (χ0) is 14.1. The summed E-state index contributed by atoms with van der Waals surface area (Å²) in [5.41, 5.74) is 5.21. The maximum atomic E-state index is 11.1. The molecule has 0 aromatic heterocycles. The highest BCUT2D eigenvalue weighted by atomic mass is 16.4. The molecule has 5 nitrogen and oxygen atoms in total. The third-order valence-corrected chi connectivity index (χ3v) is 3.57. The van der Waals surface area contributed by atoms with Gasteiger partial charge in [0.1, 0.15) is 0 Å². The topological polar surface area (TPSA) is 92.4 Å². The number of hydrogen-bond acceptors (Lipinski definition) is 3. The minimum Gasteiger partial charge on any atom is -0.481 e. The summed E-state index contributed by atoms with van der Waals surface area (Å²) in [6.45, 7) is 6.64. The summed E-state index contributed by atoms with van der Waals surface area (Å²) >= 11 is 0. The molecular formula is C13H26N2O3. The average molecular weight is 258 g/mol. The fourth-order valence-electron chi connectivity index (χ4n) is 2.17. The Hall–Kier alpha value is -1.10. The number of carboxylic acids is 1. The molecule has 0 saturated heterocycles. The van der Waals surface area contributed by atoms with Gasteiger partial charge in [0.15, 0.2) is 0 Å². The third-order valence-electron chi connectivity index (χ3n) is 3.57. The summed E-state index contributed by atoms with van der Waals surface area (Å²) in [4.78, 5) is 22.0. The van der Waals surface area contributed by atoms with Crippen LogP contribution >= 0.6 is 0 Å². The average Bonchev–Trinajstić information content (AvgIpc) is 2.32. The van der Waals surface area contributed by atoms with Gasteiger partial charge in [-0.3, -0.25) is 9.59 Å². The maximum Gasteiger partial charge on any atom is 0.303 e. The maximum absolute atomic E-state index is 11.1. The lowest BCUT2D eigenvalue weighted by atomic mass is 9.80. The van der Waals surface area contributed by atoms with Gasteiger partial charge in [-0.1, -0.05) is 33.6 Å². The van der Waals surface area contributed by atoms with Gasteiger partial charge >= 0.3 is 5.97 Å². The molecular weight excluding hydrogens is 232 g/mol. The van der Waals surface area contributed by atoms with Crippen LogP contribution in [0.2, 0.25) is 0 Å². The molecule has 4 N–H and O–H groups in total. The Bertz CT molecular complexity index is 269. The molecule has 0 spiro atoms. The van der Waals surface area contributed by atoms with Crippen LogP contribution < -0.4 is 11.1 Å². The van der Waals surface area contributed by atoms with Crippen molar-refractivity contribution in [1.29, 1.82) is 0 Å². The van der Waals surface area contributed by atoms with Crippen LogP contribution in [0.15, 0.2) is 0 Å². The van der Waals surface area contributed by atoms with Crippen molar-refractivity contribution in [2.75, 3.05) is 13.1 Å². The highest BCUT2D eigenvalue weighted by Gasteiger charge is 2.24. The Labute approximate surface area is 109 Å². The third kappa shape index (κ3) is 6.59. The zero-order valence-electron chi connectivity index (χ0n) is 11.6. The number of carbonyl (C=O) groups is 2. The molecule has 0 heterocycles. The van der Waals surface area contributed by atoms with E-state index in [0.717, 1.165) is 12.8 Å². The zero-order valence-corrected chi connectivity index (χ0v) is 11.6. The Morgan fingerprint density at radius 1 is 1.33 bits per heavy atom. The van der Waals surface area contributed by atoms with Crippen molar-refractivity contribution < 1.29 is 14.7 Å². The summed E-state index contributed by atoms with van der Waals surface area (Å²) in [7, 11) is 0. The van der Waals surface area contributed by atoms with Gasteiger partial charge in [-0.25, -0.2) is 0 Å². The Morgan fingerprint density at radius 2 is 1.94 bits per heavy atom. The number of nitrogens with two attached hydrogens (primary N) is 1. The van der Waals surface area contributed by atoms with Gasteiger partial charge in [-0.2, -0.15) is 0 Å². The normalized spacial score (nSPS) is 15.8. The lowest BCUT2D eigenvalue weighted by molar-refractivity contribution is -0.139. The first-order chi connectivity index (χ1) is 8.42. The second-order valence-electron chi connectivity index (χ2n) is 4.99. The van der Waals surface area contributed by atoms with Crippen molar-refractivity contribution in [2.45, 2.75) is 40.0 Å². The van der Waals surface area contributed by atoms with E-state index in [2.05, 4.69) is 26.1 Å². The summed E-state index contributed by atoms with van der Waals surface area (Å²) in [6.07, 6.45) is 2.24. The number of amides is 1. The minimum atomic E-state index is -0.822. The SMILES string of the molecule is CCCC(C)C(C)C(CNC(=O)CN)CC(=O)O. The molecule has 0 saturated carbocycles. The van der Waals surface area contributed by atoms with Crippen LogP contribution in [0.3, 0.4) is 0 Å². The molecule has 0 aromatic rings. The van der Waals surface area contributed by atoms with Gasteiger partial charge in [-0.05, 0) is 17.8 Å². The fourth-order valence-corrected chi connectivity index (χ4v) is 2.17. The van der Waals surface area contributed by atoms with Crippen LogP contribution in [0.4, 0.5) is 0 Å². The molecule has 0 aliphatic carbocycles. The molecule has 0 aliphatic heterocycles. The Kier molecular flexibility index (Phi) is 8.37. The standard InChI is InChI=1S/C13H26N2O3/c1-4-5-9(2)10(3)11(6-13(17)18)8-15-12(16)7-14/h9-11H,4-8,14H2,1-3H3,(H,15,16)(H,17,18). The monoisotopic (exact) mass is 258 g/mol. The molecule has 3 unspecified atom stereocenters. The smallest absolute Gasteiger partial charge is 0.303 e. The van der Waals surface area contributed by atoms with Crippen LogP contribution in [0.1, 0.15) is 40.0 Å². The van der Waals surface area contributed by atoms with E-state index < -0.39 is 5.97 Å². The minimum absolute atomic E-state index is 0.0421. The first-order valence-electron chi connectivity index (χ1n) is 6.60. The lowest BCUT2D eigenvalue weighted by Crippen LogP contribution is -2.37. The van der Waals surface area contributed by atoms with E-state index in [1.165, 1.54) is 0 Å². The number of rotatable bonds is 9. The first-order valence-corrected chi connectivity index (χ1v) is 6.60. The summed E-state index contributed by atoms with van der Waals surface area (Å²) in [5, 5.41) is 11.6. The van der Waals surface area contributed by atoms with Gasteiger partial charge < -0.3 is 16.2 Å². The van der Waals surface area contributed by atoms with Crippen molar-refractivity contribution in [3.63, 3.8) is 0 Å². The molecule has 0 radical (unpaired) electrons. The van der Waals surface area contributed by atoms with E-state index in [9.17, 15) is 9.59 Å². The highest BCUT2D eigenvalue weighted by molar-refractivity contribution is 5.77. The van der Waals surface area contributed by atoms with Gasteiger partial charge in [-0.15, -0.1) is 0 Å². The lowest BCUT2D eigenvalue weighted by Gasteiger charge is -2.28. The molecule has 3 atom stereocenters. The van der Waals surface area contributed by atoms with E-state index in [4.69, 9.17) is 10.8 Å². The van der Waals surface area contributed by atoms with Crippen LogP contribution in [0.5, 0.6) is 0 Å². The van der Waals surface area contributed by atoms with Gasteiger partial charge in [0.05, 0.1) is 13.0 Å². The van der Waals surface area contributed by atoms with E-state index in [1.807, 2.05) is 0 Å². The Balaban J connectivity index is 4.45. The number of hydrogen-bond donors (Lipinski definition) is 3. The van der Waals surface area contributed by atoms with E-state index in [1.54, 1.807) is 0 Å². The second-order valence-corrected chi connectivity index (χ2v) is 4.99. The number of carbonyl (C=O) groups excluding carboxylic acids is 1. The number of aliphatic carboxylic acids is 1. The molecule has 1 amide bonds. The van der Waals surface area contributed by atoms with E-state index in [0.29, 0.717) is 12.5 Å². The largest absolute Gasteiger partial charge is 0.481 e. The molecule has 18 heavy (non-hydrogen) atoms. The van der Waals surface area contributed by atoms with Crippen LogP contribution in [-0.2, 0) is 9.59 Å². The van der Waals surface area contributed by atoms with Gasteiger partial charge in [0, 0.05) is 6.54 Å². The molecule has 0 aromatic carbocycles.